The summed E-state index contributed by atoms with van der Waals surface area (Å²) in [7, 11) is 0. The van der Waals surface area contributed by atoms with E-state index in [1.165, 1.54) is 31.0 Å². The Morgan fingerprint density at radius 3 is 2.70 bits per heavy atom. The lowest BCUT2D eigenvalue weighted by molar-refractivity contribution is -0.122. The van der Waals surface area contributed by atoms with E-state index in [-0.39, 0.29) is 11.5 Å². The minimum Gasteiger partial charge on any atom is -0.378 e. The first-order chi connectivity index (χ1) is 16.0. The number of morpholine rings is 1. The summed E-state index contributed by atoms with van der Waals surface area (Å²) < 4.78 is 7.60. The number of amides is 1. The van der Waals surface area contributed by atoms with Gasteiger partial charge in [0, 0.05) is 25.8 Å². The van der Waals surface area contributed by atoms with Gasteiger partial charge in [0.2, 0.25) is 0 Å². The number of carbonyl (C=O) groups is 1. The minimum absolute atomic E-state index is 0.123. The molecule has 2 aromatic heterocycles. The van der Waals surface area contributed by atoms with Gasteiger partial charge in [-0.2, -0.15) is 0 Å². The number of aromatic nitrogens is 2. The molecular weight excluding hydrogens is 456 g/mol. The van der Waals surface area contributed by atoms with Crippen molar-refractivity contribution in [2.75, 3.05) is 37.7 Å². The summed E-state index contributed by atoms with van der Waals surface area (Å²) in [6, 6.07) is 3.78. The highest BCUT2D eigenvalue weighted by Crippen LogP contribution is 2.34. The largest absolute Gasteiger partial charge is 0.378 e. The summed E-state index contributed by atoms with van der Waals surface area (Å²) in [5.74, 6) is 0.476. The van der Waals surface area contributed by atoms with Gasteiger partial charge in [0.15, 0.2) is 0 Å². The molecule has 33 heavy (non-hydrogen) atoms. The number of fused-ring (bicyclic) bond motifs is 1. The number of hydrogen-bond acceptors (Lipinski definition) is 7. The summed E-state index contributed by atoms with van der Waals surface area (Å²) in [6.07, 6.45) is 8.98. The molecule has 176 valence electrons. The van der Waals surface area contributed by atoms with E-state index in [4.69, 9.17) is 21.9 Å². The number of thiocarbonyl (C=S) groups is 1. The molecule has 1 amide bonds. The van der Waals surface area contributed by atoms with Crippen LogP contribution in [0.5, 0.6) is 0 Å². The molecule has 2 saturated heterocycles. The molecule has 2 aromatic rings. The van der Waals surface area contributed by atoms with Crippen LogP contribution in [0.15, 0.2) is 28.0 Å². The van der Waals surface area contributed by atoms with Crippen LogP contribution < -0.4 is 10.5 Å². The van der Waals surface area contributed by atoms with Crippen LogP contribution in [0.2, 0.25) is 0 Å². The Labute approximate surface area is 203 Å². The molecule has 0 unspecified atom stereocenters. The summed E-state index contributed by atoms with van der Waals surface area (Å²) in [5, 5.41) is 0. The molecule has 9 heteroatoms. The zero-order valence-corrected chi connectivity index (χ0v) is 20.8. The number of pyridine rings is 1. The second-order valence-electron chi connectivity index (χ2n) is 8.39. The van der Waals surface area contributed by atoms with E-state index in [9.17, 15) is 9.59 Å². The zero-order valence-electron chi connectivity index (χ0n) is 19.2. The van der Waals surface area contributed by atoms with Crippen molar-refractivity contribution < 1.29 is 9.53 Å². The maximum absolute atomic E-state index is 13.5. The van der Waals surface area contributed by atoms with Gasteiger partial charge in [-0.3, -0.25) is 18.9 Å². The van der Waals surface area contributed by atoms with Crippen LogP contribution in [0, 0.1) is 6.92 Å². The first kappa shape index (κ1) is 23.9. The molecule has 0 bridgehead atoms. The standard InChI is InChI=1S/C24H30N4O3S2/c1-3-4-5-6-7-10-28-23(30)19(33-24(28)32)16-18-21(26-12-14-31-15-13-26)25-20-17(2)9-8-11-27(20)22(18)29/h8-9,11,16H,3-7,10,12-15H2,1-2H3/b19-16-. The molecular formula is C24H30N4O3S2. The monoisotopic (exact) mass is 486 g/mol. The molecule has 2 fully saturated rings. The highest BCUT2D eigenvalue weighted by atomic mass is 32.2. The minimum atomic E-state index is -0.185. The summed E-state index contributed by atoms with van der Waals surface area (Å²) in [6.45, 7) is 7.20. The number of anilines is 1. The molecule has 0 saturated carbocycles. The molecule has 4 heterocycles. The van der Waals surface area contributed by atoms with Gasteiger partial charge in [-0.1, -0.05) is 62.7 Å². The van der Waals surface area contributed by atoms with Crippen LogP contribution in [0.3, 0.4) is 0 Å². The number of thioether (sulfide) groups is 1. The van der Waals surface area contributed by atoms with Gasteiger partial charge >= 0.3 is 0 Å². The summed E-state index contributed by atoms with van der Waals surface area (Å²) in [5.41, 5.74) is 1.78. The molecule has 4 rings (SSSR count). The highest BCUT2D eigenvalue weighted by Gasteiger charge is 2.32. The van der Waals surface area contributed by atoms with Crippen LogP contribution >= 0.6 is 24.0 Å². The number of nitrogens with zero attached hydrogens (tertiary/aromatic N) is 4. The summed E-state index contributed by atoms with van der Waals surface area (Å²) >= 11 is 6.77. The maximum atomic E-state index is 13.5. The van der Waals surface area contributed by atoms with Crippen LogP contribution in [-0.2, 0) is 9.53 Å². The molecule has 2 aliphatic rings. The number of aryl methyl sites for hydroxylation is 1. The quantitative estimate of drug-likeness (QED) is 0.317. The Morgan fingerprint density at radius 1 is 1.18 bits per heavy atom. The van der Waals surface area contributed by atoms with Crippen molar-refractivity contribution in [1.82, 2.24) is 14.3 Å². The Morgan fingerprint density at radius 2 is 1.94 bits per heavy atom. The number of unbranched alkanes of at least 4 members (excludes halogenated alkanes) is 4. The number of carbonyl (C=O) groups excluding carboxylic acids is 1. The van der Waals surface area contributed by atoms with Gasteiger partial charge in [-0.25, -0.2) is 4.98 Å². The van der Waals surface area contributed by atoms with Crippen molar-refractivity contribution in [3.63, 3.8) is 0 Å². The number of ether oxygens (including phenoxy) is 1. The predicted molar refractivity (Wildman–Crippen MR) is 138 cm³/mol. The van der Waals surface area contributed by atoms with Crippen LogP contribution in [0.4, 0.5) is 5.82 Å². The number of hydrogen-bond donors (Lipinski definition) is 0. The van der Waals surface area contributed by atoms with Crippen molar-refractivity contribution >= 4 is 51.7 Å². The zero-order chi connectivity index (χ0) is 23.4. The fourth-order valence-corrected chi connectivity index (χ4v) is 5.43. The Balaban J connectivity index is 1.68. The van der Waals surface area contributed by atoms with Gasteiger partial charge in [0.1, 0.15) is 15.8 Å². The van der Waals surface area contributed by atoms with E-state index in [2.05, 4.69) is 11.8 Å². The fraction of sp³-hybridized carbons (Fsp3) is 0.500. The smallest absolute Gasteiger partial charge is 0.267 e. The lowest BCUT2D eigenvalue weighted by Crippen LogP contribution is -2.38. The second-order valence-corrected chi connectivity index (χ2v) is 10.1. The average Bonchev–Trinajstić information content (AvgIpc) is 3.09. The van der Waals surface area contributed by atoms with Crippen LogP contribution in [0.25, 0.3) is 11.7 Å². The van der Waals surface area contributed by atoms with E-state index < -0.39 is 0 Å². The normalized spacial score (nSPS) is 18.2. The van der Waals surface area contributed by atoms with Crippen molar-refractivity contribution in [3.05, 3.63) is 44.7 Å². The van der Waals surface area contributed by atoms with Gasteiger partial charge in [0.05, 0.1) is 23.7 Å². The van der Waals surface area contributed by atoms with Crippen LogP contribution in [0.1, 0.15) is 50.2 Å². The summed E-state index contributed by atoms with van der Waals surface area (Å²) in [4.78, 5) is 35.8. The fourth-order valence-electron chi connectivity index (χ4n) is 4.14. The van der Waals surface area contributed by atoms with Gasteiger partial charge in [-0.15, -0.1) is 0 Å². The Kier molecular flexibility index (Phi) is 7.82. The van der Waals surface area contributed by atoms with Gasteiger partial charge < -0.3 is 9.64 Å². The van der Waals surface area contributed by atoms with E-state index in [0.29, 0.717) is 59.1 Å². The predicted octanol–water partition coefficient (Wildman–Crippen LogP) is 4.01. The van der Waals surface area contributed by atoms with E-state index in [0.717, 1.165) is 18.4 Å². The van der Waals surface area contributed by atoms with E-state index in [1.807, 2.05) is 19.1 Å². The third-order valence-electron chi connectivity index (χ3n) is 6.01. The maximum Gasteiger partial charge on any atom is 0.267 e. The topological polar surface area (TPSA) is 67.2 Å². The SMILES string of the molecule is CCCCCCCN1C(=O)/C(=C/c2c(N3CCOCC3)nc3c(C)cccn3c2=O)SC1=S. The third kappa shape index (κ3) is 5.15. The first-order valence-corrected chi connectivity index (χ1v) is 12.8. The molecule has 0 N–H and O–H groups in total. The molecule has 7 nitrogen and oxygen atoms in total. The van der Waals surface area contributed by atoms with E-state index in [1.54, 1.807) is 21.6 Å². The highest BCUT2D eigenvalue weighted by molar-refractivity contribution is 8.26. The van der Waals surface area contributed by atoms with Crippen molar-refractivity contribution in [1.29, 1.82) is 0 Å². The Bertz CT molecular complexity index is 1140. The lowest BCUT2D eigenvalue weighted by Gasteiger charge is -2.29. The molecule has 0 atom stereocenters. The van der Waals surface area contributed by atoms with E-state index >= 15 is 0 Å². The molecule has 0 spiro atoms. The lowest BCUT2D eigenvalue weighted by atomic mass is 10.1. The molecule has 0 aliphatic carbocycles. The second kappa shape index (κ2) is 10.8. The first-order valence-electron chi connectivity index (χ1n) is 11.6. The average molecular weight is 487 g/mol. The number of rotatable bonds is 8. The van der Waals surface area contributed by atoms with Gasteiger partial charge in [0.25, 0.3) is 11.5 Å². The van der Waals surface area contributed by atoms with Gasteiger partial charge in [-0.05, 0) is 31.1 Å². The molecule has 0 aromatic carbocycles. The Hall–Kier alpha value is -2.23. The molecule has 0 radical (unpaired) electrons. The third-order valence-corrected chi connectivity index (χ3v) is 7.39. The van der Waals surface area contributed by atoms with Crippen molar-refractivity contribution in [2.24, 2.45) is 0 Å². The van der Waals surface area contributed by atoms with Crippen molar-refractivity contribution in [2.45, 2.75) is 46.0 Å². The molecule has 2 aliphatic heterocycles. The van der Waals surface area contributed by atoms with Crippen molar-refractivity contribution in [3.8, 4) is 0 Å². The van der Waals surface area contributed by atoms with Crippen LogP contribution in [-0.4, -0.2) is 57.4 Å².